The zero-order valence-electron chi connectivity index (χ0n) is 6.27. The van der Waals surface area contributed by atoms with Crippen LogP contribution in [0.4, 0.5) is 0 Å². The Balaban J connectivity index is 2.23. The average molecular weight is 127 g/mol. The second-order valence-electron chi connectivity index (χ2n) is 3.37. The molecule has 2 N–H and O–H groups in total. The first-order chi connectivity index (χ1) is 4.33. The maximum Gasteiger partial charge on any atom is -0.00488 e. The molecule has 1 heteroatoms. The Kier molecular flexibility index (Phi) is 2.52. The molecule has 2 unspecified atom stereocenters. The van der Waals surface area contributed by atoms with Crippen molar-refractivity contribution in [3.63, 3.8) is 0 Å². The summed E-state index contributed by atoms with van der Waals surface area (Å²) in [4.78, 5) is 0. The van der Waals surface area contributed by atoms with Crippen molar-refractivity contribution in [3.05, 3.63) is 0 Å². The molecule has 0 aromatic carbocycles. The summed E-state index contributed by atoms with van der Waals surface area (Å²) >= 11 is 0. The molecule has 0 aromatic rings. The fourth-order valence-corrected chi connectivity index (χ4v) is 1.77. The van der Waals surface area contributed by atoms with Gasteiger partial charge in [-0.3, -0.25) is 0 Å². The quantitative estimate of drug-likeness (QED) is 0.570. The van der Waals surface area contributed by atoms with E-state index < -0.39 is 0 Å². The second kappa shape index (κ2) is 3.21. The monoisotopic (exact) mass is 127 g/mol. The van der Waals surface area contributed by atoms with E-state index in [-0.39, 0.29) is 0 Å². The van der Waals surface area contributed by atoms with Gasteiger partial charge in [-0.2, -0.15) is 0 Å². The molecule has 9 heavy (non-hydrogen) atoms. The van der Waals surface area contributed by atoms with E-state index in [1.165, 1.54) is 25.7 Å². The van der Waals surface area contributed by atoms with Crippen molar-refractivity contribution in [2.75, 3.05) is 6.54 Å². The van der Waals surface area contributed by atoms with Crippen LogP contribution in [-0.4, -0.2) is 6.54 Å². The Morgan fingerprint density at radius 3 is 2.67 bits per heavy atom. The molecular formula is C8H17N. The third kappa shape index (κ3) is 1.98. The van der Waals surface area contributed by atoms with E-state index >= 15 is 0 Å². The van der Waals surface area contributed by atoms with Crippen molar-refractivity contribution in [2.24, 2.45) is 17.6 Å². The largest absolute Gasteiger partial charge is 0.330 e. The molecule has 0 spiro atoms. The molecule has 1 aliphatic carbocycles. The first-order valence-electron chi connectivity index (χ1n) is 4.03. The number of hydrogen-bond acceptors (Lipinski definition) is 1. The summed E-state index contributed by atoms with van der Waals surface area (Å²) in [7, 11) is 0. The predicted molar refractivity (Wildman–Crippen MR) is 40.2 cm³/mol. The Morgan fingerprint density at radius 2 is 2.22 bits per heavy atom. The van der Waals surface area contributed by atoms with Crippen LogP contribution in [0.2, 0.25) is 0 Å². The molecule has 1 fully saturated rings. The van der Waals surface area contributed by atoms with Gasteiger partial charge in [-0.15, -0.1) is 0 Å². The SMILES string of the molecule is CC1CCCC(CN)C1. The molecule has 0 aliphatic heterocycles. The maximum atomic E-state index is 5.57. The van der Waals surface area contributed by atoms with Crippen molar-refractivity contribution in [2.45, 2.75) is 32.6 Å². The molecule has 1 nitrogen and oxygen atoms in total. The summed E-state index contributed by atoms with van der Waals surface area (Å²) in [6.45, 7) is 3.24. The van der Waals surface area contributed by atoms with Gasteiger partial charge in [-0.1, -0.05) is 19.8 Å². The minimum absolute atomic E-state index is 0.841. The van der Waals surface area contributed by atoms with Crippen LogP contribution in [0.3, 0.4) is 0 Å². The van der Waals surface area contributed by atoms with Crippen LogP contribution in [0.25, 0.3) is 0 Å². The van der Waals surface area contributed by atoms with Gasteiger partial charge >= 0.3 is 0 Å². The zero-order valence-corrected chi connectivity index (χ0v) is 6.27. The van der Waals surface area contributed by atoms with Crippen LogP contribution in [0.5, 0.6) is 0 Å². The van der Waals surface area contributed by atoms with Crippen molar-refractivity contribution in [1.82, 2.24) is 0 Å². The van der Waals surface area contributed by atoms with Crippen LogP contribution >= 0.6 is 0 Å². The van der Waals surface area contributed by atoms with Crippen LogP contribution in [0.15, 0.2) is 0 Å². The van der Waals surface area contributed by atoms with Gasteiger partial charge in [0.25, 0.3) is 0 Å². The first kappa shape index (κ1) is 7.07. The standard InChI is InChI=1S/C8H17N/c1-7-3-2-4-8(5-7)6-9/h7-8H,2-6,9H2,1H3. The lowest BCUT2D eigenvalue weighted by atomic mass is 9.83. The average Bonchev–Trinajstić information content (AvgIpc) is 1.88. The molecular weight excluding hydrogens is 110 g/mol. The van der Waals surface area contributed by atoms with Crippen molar-refractivity contribution >= 4 is 0 Å². The van der Waals surface area contributed by atoms with Gasteiger partial charge in [0.2, 0.25) is 0 Å². The van der Waals surface area contributed by atoms with Crippen LogP contribution in [0.1, 0.15) is 32.6 Å². The molecule has 2 atom stereocenters. The van der Waals surface area contributed by atoms with Gasteiger partial charge in [-0.25, -0.2) is 0 Å². The van der Waals surface area contributed by atoms with Gasteiger partial charge < -0.3 is 5.73 Å². The van der Waals surface area contributed by atoms with E-state index in [4.69, 9.17) is 5.73 Å². The summed E-state index contributed by atoms with van der Waals surface area (Å²) in [6, 6.07) is 0. The number of hydrogen-bond donors (Lipinski definition) is 1. The predicted octanol–water partition coefficient (Wildman–Crippen LogP) is 1.77. The highest BCUT2D eigenvalue weighted by atomic mass is 14.5. The van der Waals surface area contributed by atoms with E-state index in [1.54, 1.807) is 0 Å². The third-order valence-electron chi connectivity index (χ3n) is 2.38. The lowest BCUT2D eigenvalue weighted by molar-refractivity contribution is 0.288. The van der Waals surface area contributed by atoms with E-state index in [0.717, 1.165) is 18.4 Å². The Hall–Kier alpha value is -0.0400. The topological polar surface area (TPSA) is 26.0 Å². The van der Waals surface area contributed by atoms with E-state index in [1.807, 2.05) is 0 Å². The van der Waals surface area contributed by atoms with Crippen LogP contribution < -0.4 is 5.73 Å². The van der Waals surface area contributed by atoms with Gasteiger partial charge in [0, 0.05) is 0 Å². The van der Waals surface area contributed by atoms with Crippen molar-refractivity contribution < 1.29 is 0 Å². The molecule has 0 heterocycles. The molecule has 1 aliphatic rings. The molecule has 0 radical (unpaired) electrons. The zero-order chi connectivity index (χ0) is 6.69. The smallest absolute Gasteiger partial charge is 0.00488 e. The fraction of sp³-hybridized carbons (Fsp3) is 1.00. The summed E-state index contributed by atoms with van der Waals surface area (Å²) in [5.41, 5.74) is 5.57. The van der Waals surface area contributed by atoms with Gasteiger partial charge in [0.15, 0.2) is 0 Å². The molecule has 1 saturated carbocycles. The maximum absolute atomic E-state index is 5.57. The lowest BCUT2D eigenvalue weighted by Crippen LogP contribution is -2.20. The van der Waals surface area contributed by atoms with Crippen molar-refractivity contribution in [3.8, 4) is 0 Å². The molecule has 0 amide bonds. The molecule has 0 saturated heterocycles. The lowest BCUT2D eigenvalue weighted by Gasteiger charge is -2.25. The molecule has 54 valence electrons. The highest BCUT2D eigenvalue weighted by Gasteiger charge is 2.16. The van der Waals surface area contributed by atoms with Crippen LogP contribution in [0, 0.1) is 11.8 Å². The third-order valence-corrected chi connectivity index (χ3v) is 2.38. The fourth-order valence-electron chi connectivity index (χ4n) is 1.77. The van der Waals surface area contributed by atoms with E-state index in [2.05, 4.69) is 6.92 Å². The normalized spacial score (nSPS) is 36.7. The second-order valence-corrected chi connectivity index (χ2v) is 3.37. The number of rotatable bonds is 1. The first-order valence-corrected chi connectivity index (χ1v) is 4.03. The highest BCUT2D eigenvalue weighted by molar-refractivity contribution is 4.70. The summed E-state index contributed by atoms with van der Waals surface area (Å²) in [6.07, 6.45) is 5.58. The van der Waals surface area contributed by atoms with Gasteiger partial charge in [-0.05, 0) is 31.2 Å². The Morgan fingerprint density at radius 1 is 1.44 bits per heavy atom. The van der Waals surface area contributed by atoms with E-state index in [0.29, 0.717) is 0 Å². The molecule has 0 bridgehead atoms. The molecule has 0 aromatic heterocycles. The van der Waals surface area contributed by atoms with Crippen molar-refractivity contribution in [1.29, 1.82) is 0 Å². The minimum atomic E-state index is 0.841. The molecule has 1 rings (SSSR count). The summed E-state index contributed by atoms with van der Waals surface area (Å²) in [5, 5.41) is 0. The summed E-state index contributed by atoms with van der Waals surface area (Å²) < 4.78 is 0. The summed E-state index contributed by atoms with van der Waals surface area (Å²) in [5.74, 6) is 1.78. The minimum Gasteiger partial charge on any atom is -0.330 e. The highest BCUT2D eigenvalue weighted by Crippen LogP contribution is 2.27. The Bertz CT molecular complexity index is 80.6. The number of nitrogens with two attached hydrogens (primary N) is 1. The van der Waals surface area contributed by atoms with E-state index in [9.17, 15) is 0 Å². The Labute approximate surface area is 57.6 Å². The van der Waals surface area contributed by atoms with Crippen LogP contribution in [-0.2, 0) is 0 Å². The van der Waals surface area contributed by atoms with Gasteiger partial charge in [0.05, 0.1) is 0 Å². The van der Waals surface area contributed by atoms with Gasteiger partial charge in [0.1, 0.15) is 0 Å².